The molecule has 2 unspecified atom stereocenters. The number of thiazole rings is 1. The van der Waals surface area contributed by atoms with E-state index in [9.17, 15) is 14.7 Å². The maximum atomic E-state index is 12.5. The lowest BCUT2D eigenvalue weighted by molar-refractivity contribution is -0.143. The largest absolute Gasteiger partial charge is 0.481 e. The SMILES string of the molecule is CC1CC(C(=O)O)CN(C(=O)Nc2ncc(Cc3ccc(C#N)cc3)s2)C1. The van der Waals surface area contributed by atoms with Crippen molar-refractivity contribution in [3.63, 3.8) is 0 Å². The number of aliphatic carboxylic acids is 1. The first kappa shape index (κ1) is 18.9. The molecule has 3 rings (SSSR count). The summed E-state index contributed by atoms with van der Waals surface area (Å²) in [6.07, 6.45) is 2.98. The number of anilines is 1. The van der Waals surface area contributed by atoms with E-state index < -0.39 is 11.9 Å². The van der Waals surface area contributed by atoms with Gasteiger partial charge in [0, 0.05) is 30.6 Å². The molecule has 0 bridgehead atoms. The molecule has 140 valence electrons. The van der Waals surface area contributed by atoms with Crippen molar-refractivity contribution in [2.75, 3.05) is 18.4 Å². The lowest BCUT2D eigenvalue weighted by atomic mass is 9.91. The number of hydrogen-bond acceptors (Lipinski definition) is 5. The Morgan fingerprint density at radius 2 is 2.11 bits per heavy atom. The van der Waals surface area contributed by atoms with Crippen molar-refractivity contribution in [2.45, 2.75) is 19.8 Å². The monoisotopic (exact) mass is 384 g/mol. The third kappa shape index (κ3) is 4.83. The number of urea groups is 1. The summed E-state index contributed by atoms with van der Waals surface area (Å²) in [5.74, 6) is -1.24. The highest BCUT2D eigenvalue weighted by Gasteiger charge is 2.32. The summed E-state index contributed by atoms with van der Waals surface area (Å²) in [7, 11) is 0. The number of nitrogens with zero attached hydrogens (tertiary/aromatic N) is 3. The van der Waals surface area contributed by atoms with Gasteiger partial charge in [0.1, 0.15) is 0 Å². The predicted molar refractivity (Wildman–Crippen MR) is 102 cm³/mol. The zero-order chi connectivity index (χ0) is 19.4. The van der Waals surface area contributed by atoms with Crippen LogP contribution in [0.4, 0.5) is 9.93 Å². The number of carbonyl (C=O) groups excluding carboxylic acids is 1. The topological polar surface area (TPSA) is 106 Å². The van der Waals surface area contributed by atoms with Gasteiger partial charge < -0.3 is 10.0 Å². The van der Waals surface area contributed by atoms with E-state index in [0.717, 1.165) is 10.4 Å². The molecule has 27 heavy (non-hydrogen) atoms. The average molecular weight is 384 g/mol. The summed E-state index contributed by atoms with van der Waals surface area (Å²) in [6, 6.07) is 9.12. The molecule has 2 aromatic rings. The Labute approximate surface area is 161 Å². The van der Waals surface area contributed by atoms with Crippen LogP contribution in [0.2, 0.25) is 0 Å². The van der Waals surface area contributed by atoms with Crippen LogP contribution in [-0.4, -0.2) is 40.1 Å². The number of rotatable bonds is 4. The van der Waals surface area contributed by atoms with Crippen molar-refractivity contribution >= 4 is 28.5 Å². The molecule has 8 heteroatoms. The summed E-state index contributed by atoms with van der Waals surface area (Å²) in [4.78, 5) is 30.5. The number of amides is 2. The highest BCUT2D eigenvalue weighted by Crippen LogP contribution is 2.25. The Hall–Kier alpha value is -2.92. The number of nitriles is 1. The first-order valence-corrected chi connectivity index (χ1v) is 9.48. The van der Waals surface area contributed by atoms with Gasteiger partial charge in [-0.15, -0.1) is 11.3 Å². The number of hydrogen-bond donors (Lipinski definition) is 2. The number of benzene rings is 1. The van der Waals surface area contributed by atoms with Crippen molar-refractivity contribution in [3.8, 4) is 6.07 Å². The molecule has 1 aromatic heterocycles. The second-order valence-electron chi connectivity index (χ2n) is 6.83. The molecule has 2 atom stereocenters. The van der Waals surface area contributed by atoms with Crippen molar-refractivity contribution in [1.82, 2.24) is 9.88 Å². The molecule has 2 amide bonds. The molecule has 1 aromatic carbocycles. The number of nitrogens with one attached hydrogen (secondary N) is 1. The third-order valence-electron chi connectivity index (χ3n) is 4.52. The van der Waals surface area contributed by atoms with Gasteiger partial charge in [-0.2, -0.15) is 5.26 Å². The smallest absolute Gasteiger partial charge is 0.323 e. The van der Waals surface area contributed by atoms with Gasteiger partial charge in [-0.05, 0) is 30.0 Å². The summed E-state index contributed by atoms with van der Waals surface area (Å²) >= 11 is 1.39. The minimum atomic E-state index is -0.863. The first-order chi connectivity index (χ1) is 12.9. The fraction of sp³-hybridized carbons (Fsp3) is 0.368. The molecule has 2 heterocycles. The fourth-order valence-corrected chi connectivity index (χ4v) is 4.05. The van der Waals surface area contributed by atoms with Crippen molar-refractivity contribution < 1.29 is 14.7 Å². The van der Waals surface area contributed by atoms with E-state index in [2.05, 4.69) is 16.4 Å². The second kappa shape index (κ2) is 8.18. The van der Waals surface area contributed by atoms with Gasteiger partial charge in [0.2, 0.25) is 0 Å². The van der Waals surface area contributed by atoms with Crippen LogP contribution in [0.5, 0.6) is 0 Å². The molecule has 7 nitrogen and oxygen atoms in total. The molecule has 0 spiro atoms. The molecule has 0 aliphatic carbocycles. The van der Waals surface area contributed by atoms with Crippen LogP contribution in [0, 0.1) is 23.2 Å². The summed E-state index contributed by atoms with van der Waals surface area (Å²) in [6.45, 7) is 2.71. The summed E-state index contributed by atoms with van der Waals surface area (Å²) in [5, 5.41) is 21.3. The van der Waals surface area contributed by atoms with Crippen molar-refractivity contribution in [3.05, 3.63) is 46.5 Å². The van der Waals surface area contributed by atoms with Crippen LogP contribution in [0.1, 0.15) is 29.3 Å². The van der Waals surface area contributed by atoms with Gasteiger partial charge in [0.25, 0.3) is 0 Å². The maximum Gasteiger partial charge on any atom is 0.323 e. The van der Waals surface area contributed by atoms with Crippen LogP contribution in [-0.2, 0) is 11.2 Å². The summed E-state index contributed by atoms with van der Waals surface area (Å²) in [5.41, 5.74) is 1.68. The van der Waals surface area contributed by atoms with Crippen molar-refractivity contribution in [2.24, 2.45) is 11.8 Å². The predicted octanol–water partition coefficient (Wildman–Crippen LogP) is 3.18. The summed E-state index contributed by atoms with van der Waals surface area (Å²) < 4.78 is 0. The van der Waals surface area contributed by atoms with Crippen LogP contribution in [0.3, 0.4) is 0 Å². The molecule has 1 aliphatic rings. The van der Waals surface area contributed by atoms with Gasteiger partial charge in [0.05, 0.1) is 17.6 Å². The Balaban J connectivity index is 1.60. The second-order valence-corrected chi connectivity index (χ2v) is 7.94. The van der Waals surface area contributed by atoms with E-state index in [-0.39, 0.29) is 18.5 Å². The Morgan fingerprint density at radius 3 is 2.78 bits per heavy atom. The quantitative estimate of drug-likeness (QED) is 0.842. The number of aromatic nitrogens is 1. The molecule has 0 saturated carbocycles. The maximum absolute atomic E-state index is 12.5. The zero-order valence-electron chi connectivity index (χ0n) is 14.9. The van der Waals surface area contributed by atoms with Gasteiger partial charge in [-0.1, -0.05) is 19.1 Å². The molecular formula is C19H20N4O3S. The molecule has 2 N–H and O–H groups in total. The number of carboxylic acid groups (broad SMARTS) is 1. The van der Waals surface area contributed by atoms with Gasteiger partial charge in [0.15, 0.2) is 5.13 Å². The lowest BCUT2D eigenvalue weighted by Crippen LogP contribution is -2.47. The van der Waals surface area contributed by atoms with E-state index in [4.69, 9.17) is 5.26 Å². The fourth-order valence-electron chi connectivity index (χ4n) is 3.21. The molecular weight excluding hydrogens is 364 g/mol. The standard InChI is InChI=1S/C19H20N4O3S/c1-12-6-15(17(24)25)11-23(10-12)19(26)22-18-21-9-16(27-18)7-13-2-4-14(8-20)5-3-13/h2-5,9,12,15H,6-7,10-11H2,1H3,(H,24,25)(H,21,22,26). The van der Waals surface area contributed by atoms with E-state index in [1.54, 1.807) is 23.2 Å². The molecule has 0 radical (unpaired) electrons. The number of piperidine rings is 1. The Morgan fingerprint density at radius 1 is 1.37 bits per heavy atom. The first-order valence-electron chi connectivity index (χ1n) is 8.67. The number of carbonyl (C=O) groups is 2. The van der Waals surface area contributed by atoms with Crippen LogP contribution >= 0.6 is 11.3 Å². The highest BCUT2D eigenvalue weighted by molar-refractivity contribution is 7.15. The lowest BCUT2D eigenvalue weighted by Gasteiger charge is -2.34. The van der Waals surface area contributed by atoms with E-state index in [1.807, 2.05) is 19.1 Å². The molecule has 1 fully saturated rings. The van der Waals surface area contributed by atoms with Gasteiger partial charge >= 0.3 is 12.0 Å². The van der Waals surface area contributed by atoms with Crippen LogP contribution in [0.25, 0.3) is 0 Å². The third-order valence-corrected chi connectivity index (χ3v) is 5.44. The highest BCUT2D eigenvalue weighted by atomic mass is 32.1. The van der Waals surface area contributed by atoms with E-state index in [1.165, 1.54) is 11.3 Å². The number of likely N-dealkylation sites (tertiary alicyclic amines) is 1. The Kier molecular flexibility index (Phi) is 5.72. The Bertz CT molecular complexity index is 872. The minimum Gasteiger partial charge on any atom is -0.481 e. The molecule has 1 aliphatic heterocycles. The zero-order valence-corrected chi connectivity index (χ0v) is 15.7. The average Bonchev–Trinajstić information content (AvgIpc) is 3.08. The minimum absolute atomic E-state index is 0.147. The van der Waals surface area contributed by atoms with Crippen molar-refractivity contribution in [1.29, 1.82) is 5.26 Å². The molecule has 1 saturated heterocycles. The normalized spacial score (nSPS) is 19.3. The van der Waals surface area contributed by atoms with Gasteiger partial charge in [-0.25, -0.2) is 9.78 Å². The van der Waals surface area contributed by atoms with E-state index in [0.29, 0.717) is 30.1 Å². The van der Waals surface area contributed by atoms with Crippen LogP contribution in [0.15, 0.2) is 30.5 Å². The van der Waals surface area contributed by atoms with Crippen LogP contribution < -0.4 is 5.32 Å². The number of carboxylic acids is 1. The van der Waals surface area contributed by atoms with Gasteiger partial charge in [-0.3, -0.25) is 10.1 Å². The van der Waals surface area contributed by atoms with E-state index >= 15 is 0 Å².